The molecule has 1 aromatic carbocycles. The zero-order valence-electron chi connectivity index (χ0n) is 16.3. The number of benzene rings is 1. The highest BCUT2D eigenvalue weighted by molar-refractivity contribution is 5.91. The first-order valence-corrected chi connectivity index (χ1v) is 9.07. The van der Waals surface area contributed by atoms with E-state index in [1.807, 2.05) is 47.3 Å². The van der Waals surface area contributed by atoms with E-state index < -0.39 is 0 Å². The van der Waals surface area contributed by atoms with Gasteiger partial charge in [-0.3, -0.25) is 4.79 Å². The zero-order chi connectivity index (χ0) is 20.5. The van der Waals surface area contributed by atoms with Crippen LogP contribution in [0.4, 0.5) is 5.82 Å². The van der Waals surface area contributed by atoms with Gasteiger partial charge in [-0.2, -0.15) is 0 Å². The second kappa shape index (κ2) is 9.93. The number of hydrogen-bond acceptors (Lipinski definition) is 6. The number of hydrogen-bond donors (Lipinski definition) is 2. The molecule has 1 amide bonds. The third kappa shape index (κ3) is 5.58. The van der Waals surface area contributed by atoms with E-state index in [1.54, 1.807) is 26.4 Å². The predicted octanol–water partition coefficient (Wildman–Crippen LogP) is 2.53. The van der Waals surface area contributed by atoms with Gasteiger partial charge in [0.15, 0.2) is 11.5 Å². The third-order valence-corrected chi connectivity index (χ3v) is 4.09. The SMILES string of the molecule is COc1ccc(/C=C/C(=O)NCCNc2cc(-n3cccc3)ncn2)cc1OC. The van der Waals surface area contributed by atoms with Gasteiger partial charge < -0.3 is 24.7 Å². The number of carbonyl (C=O) groups excluding carboxylic acids is 1. The molecule has 0 saturated carbocycles. The maximum atomic E-state index is 12.0. The van der Waals surface area contributed by atoms with Crippen molar-refractivity contribution >= 4 is 17.8 Å². The highest BCUT2D eigenvalue weighted by Crippen LogP contribution is 2.27. The number of anilines is 1. The van der Waals surface area contributed by atoms with E-state index in [2.05, 4.69) is 20.6 Å². The van der Waals surface area contributed by atoms with Gasteiger partial charge in [-0.25, -0.2) is 9.97 Å². The maximum absolute atomic E-state index is 12.0. The second-order valence-corrected chi connectivity index (χ2v) is 6.02. The number of nitrogens with one attached hydrogen (secondary N) is 2. The van der Waals surface area contributed by atoms with Crippen molar-refractivity contribution in [3.8, 4) is 17.3 Å². The smallest absolute Gasteiger partial charge is 0.244 e. The fraction of sp³-hybridized carbons (Fsp3) is 0.190. The molecule has 3 aromatic rings. The molecule has 0 spiro atoms. The fourth-order valence-electron chi connectivity index (χ4n) is 2.64. The van der Waals surface area contributed by atoms with Crippen LogP contribution in [0, 0.1) is 0 Å². The summed E-state index contributed by atoms with van der Waals surface area (Å²) in [5, 5.41) is 5.99. The highest BCUT2D eigenvalue weighted by Gasteiger charge is 2.03. The molecule has 0 saturated heterocycles. The van der Waals surface area contributed by atoms with E-state index >= 15 is 0 Å². The van der Waals surface area contributed by atoms with Crippen LogP contribution in [-0.4, -0.2) is 47.8 Å². The summed E-state index contributed by atoms with van der Waals surface area (Å²) < 4.78 is 12.4. The van der Waals surface area contributed by atoms with E-state index in [1.165, 1.54) is 12.4 Å². The average Bonchev–Trinajstić information content (AvgIpc) is 3.30. The first kappa shape index (κ1) is 19.9. The van der Waals surface area contributed by atoms with Crippen molar-refractivity contribution < 1.29 is 14.3 Å². The van der Waals surface area contributed by atoms with Gasteiger partial charge in [0.05, 0.1) is 14.2 Å². The molecular weight excluding hydrogens is 370 g/mol. The van der Waals surface area contributed by atoms with E-state index in [9.17, 15) is 4.79 Å². The van der Waals surface area contributed by atoms with Gasteiger partial charge in [-0.15, -0.1) is 0 Å². The molecule has 8 heteroatoms. The van der Waals surface area contributed by atoms with Crippen LogP contribution in [0.1, 0.15) is 5.56 Å². The first-order chi connectivity index (χ1) is 14.2. The molecule has 3 rings (SSSR count). The van der Waals surface area contributed by atoms with Gasteiger partial charge in [-0.1, -0.05) is 6.07 Å². The van der Waals surface area contributed by atoms with Crippen LogP contribution in [0.3, 0.4) is 0 Å². The molecule has 0 unspecified atom stereocenters. The summed E-state index contributed by atoms with van der Waals surface area (Å²) in [5.41, 5.74) is 0.842. The van der Waals surface area contributed by atoms with E-state index in [-0.39, 0.29) is 5.91 Å². The summed E-state index contributed by atoms with van der Waals surface area (Å²) in [5.74, 6) is 2.54. The normalized spacial score (nSPS) is 10.7. The van der Waals surface area contributed by atoms with Crippen LogP contribution in [0.15, 0.2) is 61.2 Å². The molecule has 2 heterocycles. The van der Waals surface area contributed by atoms with Crippen LogP contribution in [0.2, 0.25) is 0 Å². The number of nitrogens with zero attached hydrogens (tertiary/aromatic N) is 3. The molecule has 0 atom stereocenters. The lowest BCUT2D eigenvalue weighted by molar-refractivity contribution is -0.116. The van der Waals surface area contributed by atoms with E-state index in [0.29, 0.717) is 30.4 Å². The van der Waals surface area contributed by atoms with Gasteiger partial charge in [0.1, 0.15) is 18.0 Å². The lowest BCUT2D eigenvalue weighted by atomic mass is 10.2. The molecule has 0 bridgehead atoms. The Morgan fingerprint density at radius 3 is 2.62 bits per heavy atom. The number of methoxy groups -OCH3 is 2. The van der Waals surface area contributed by atoms with Gasteiger partial charge in [0.2, 0.25) is 5.91 Å². The lowest BCUT2D eigenvalue weighted by Crippen LogP contribution is -2.27. The molecule has 2 aromatic heterocycles. The molecule has 0 aliphatic carbocycles. The quantitative estimate of drug-likeness (QED) is 0.429. The Bertz CT molecular complexity index is 970. The Labute approximate surface area is 169 Å². The summed E-state index contributed by atoms with van der Waals surface area (Å²) in [7, 11) is 3.15. The van der Waals surface area contributed by atoms with Crippen molar-refractivity contribution in [2.24, 2.45) is 0 Å². The minimum atomic E-state index is -0.183. The largest absolute Gasteiger partial charge is 0.493 e. The molecule has 0 radical (unpaired) electrons. The number of aromatic nitrogens is 3. The fourth-order valence-corrected chi connectivity index (χ4v) is 2.64. The van der Waals surface area contributed by atoms with Crippen LogP contribution >= 0.6 is 0 Å². The van der Waals surface area contributed by atoms with Crippen LogP contribution in [-0.2, 0) is 4.79 Å². The van der Waals surface area contributed by atoms with Crippen molar-refractivity contribution in [3.05, 3.63) is 66.8 Å². The summed E-state index contributed by atoms with van der Waals surface area (Å²) in [6.07, 6.45) is 8.53. The third-order valence-electron chi connectivity index (χ3n) is 4.09. The van der Waals surface area contributed by atoms with Crippen molar-refractivity contribution in [2.45, 2.75) is 0 Å². The Kier molecular flexibility index (Phi) is 6.83. The molecular formula is C21H23N5O3. The van der Waals surface area contributed by atoms with Crippen LogP contribution in [0.25, 0.3) is 11.9 Å². The van der Waals surface area contributed by atoms with Gasteiger partial charge in [-0.05, 0) is 35.9 Å². The Morgan fingerprint density at radius 2 is 1.86 bits per heavy atom. The zero-order valence-corrected chi connectivity index (χ0v) is 16.3. The Morgan fingerprint density at radius 1 is 1.07 bits per heavy atom. The standard InChI is InChI=1S/C21H23N5O3/c1-28-17-7-5-16(13-18(17)29-2)6-8-21(27)23-10-9-22-19-14-20(25-15-24-19)26-11-3-4-12-26/h3-8,11-15H,9-10H2,1-2H3,(H,23,27)(H,22,24,25)/b8-6+. The first-order valence-electron chi connectivity index (χ1n) is 9.07. The number of ether oxygens (including phenoxy) is 2. The summed E-state index contributed by atoms with van der Waals surface area (Å²) in [6.45, 7) is 0.996. The van der Waals surface area contributed by atoms with Crippen LogP contribution in [0.5, 0.6) is 11.5 Å². The van der Waals surface area contributed by atoms with Gasteiger partial charge in [0.25, 0.3) is 0 Å². The number of rotatable bonds is 9. The molecule has 0 aliphatic rings. The number of amides is 1. The van der Waals surface area contributed by atoms with E-state index in [0.717, 1.165) is 11.4 Å². The van der Waals surface area contributed by atoms with E-state index in [4.69, 9.17) is 9.47 Å². The van der Waals surface area contributed by atoms with Crippen molar-refractivity contribution in [1.29, 1.82) is 0 Å². The Hall–Kier alpha value is -3.81. The molecule has 29 heavy (non-hydrogen) atoms. The van der Waals surface area contributed by atoms with Gasteiger partial charge >= 0.3 is 0 Å². The summed E-state index contributed by atoms with van der Waals surface area (Å²) in [4.78, 5) is 20.4. The molecule has 2 N–H and O–H groups in total. The number of carbonyl (C=O) groups is 1. The van der Waals surface area contributed by atoms with Crippen molar-refractivity contribution in [3.63, 3.8) is 0 Å². The Balaban J connectivity index is 1.46. The minimum Gasteiger partial charge on any atom is -0.493 e. The molecule has 8 nitrogen and oxygen atoms in total. The average molecular weight is 393 g/mol. The molecule has 0 fully saturated rings. The predicted molar refractivity (Wildman–Crippen MR) is 111 cm³/mol. The van der Waals surface area contributed by atoms with Gasteiger partial charge in [0, 0.05) is 37.6 Å². The van der Waals surface area contributed by atoms with Crippen LogP contribution < -0.4 is 20.1 Å². The monoisotopic (exact) mass is 393 g/mol. The maximum Gasteiger partial charge on any atom is 0.244 e. The van der Waals surface area contributed by atoms with Crippen molar-refractivity contribution in [2.75, 3.05) is 32.6 Å². The summed E-state index contributed by atoms with van der Waals surface area (Å²) in [6, 6.07) is 11.2. The summed E-state index contributed by atoms with van der Waals surface area (Å²) >= 11 is 0. The highest BCUT2D eigenvalue weighted by atomic mass is 16.5. The lowest BCUT2D eigenvalue weighted by Gasteiger charge is -2.08. The van der Waals surface area contributed by atoms with Crippen molar-refractivity contribution in [1.82, 2.24) is 19.9 Å². The second-order valence-electron chi connectivity index (χ2n) is 6.02. The topological polar surface area (TPSA) is 90.3 Å². The molecule has 150 valence electrons. The molecule has 0 aliphatic heterocycles. The minimum absolute atomic E-state index is 0.183.